The fraction of sp³-hybridized carbons (Fsp3) is 0.286. The van der Waals surface area contributed by atoms with Gasteiger partial charge in [-0.2, -0.15) is 9.61 Å². The third-order valence-electron chi connectivity index (χ3n) is 2.69. The molecule has 0 aliphatic heterocycles. The zero-order chi connectivity index (χ0) is 14.3. The highest BCUT2D eigenvalue weighted by molar-refractivity contribution is 9.11. The maximum absolute atomic E-state index is 4.71. The number of rotatable bonds is 2. The van der Waals surface area contributed by atoms with Crippen LogP contribution in [0.4, 0.5) is 5.82 Å². The molecule has 3 aromatic rings. The van der Waals surface area contributed by atoms with Crippen LogP contribution in [0.2, 0.25) is 0 Å². The number of fused-ring (bicyclic) bond motifs is 1. The maximum Gasteiger partial charge on any atom is 0.157 e. The topological polar surface area (TPSA) is 42.2 Å². The highest BCUT2D eigenvalue weighted by atomic mass is 79.9. The molecule has 0 saturated heterocycles. The quantitative estimate of drug-likeness (QED) is 0.743. The summed E-state index contributed by atoms with van der Waals surface area (Å²) in [4.78, 5) is 5.83. The molecule has 0 aliphatic carbocycles. The summed E-state index contributed by atoms with van der Waals surface area (Å²) in [5, 5.41) is 7.91. The van der Waals surface area contributed by atoms with Crippen molar-refractivity contribution in [3.05, 3.63) is 34.2 Å². The first-order valence-corrected chi connectivity index (χ1v) is 7.93. The van der Waals surface area contributed by atoms with Gasteiger partial charge in [0.05, 0.1) is 8.66 Å². The zero-order valence-electron chi connectivity index (χ0n) is 11.5. The first kappa shape index (κ1) is 13.6. The largest absolute Gasteiger partial charge is 0.364 e. The third kappa shape index (κ3) is 2.58. The van der Waals surface area contributed by atoms with Gasteiger partial charge in [0.25, 0.3) is 0 Å². The van der Waals surface area contributed by atoms with Gasteiger partial charge in [-0.25, -0.2) is 4.98 Å². The molecule has 0 bridgehead atoms. The molecule has 0 fully saturated rings. The highest BCUT2D eigenvalue weighted by Crippen LogP contribution is 2.36. The molecule has 20 heavy (non-hydrogen) atoms. The molecule has 0 unspecified atom stereocenters. The van der Waals surface area contributed by atoms with Crippen molar-refractivity contribution in [2.24, 2.45) is 0 Å². The fourth-order valence-corrected chi connectivity index (χ4v) is 3.35. The summed E-state index contributed by atoms with van der Waals surface area (Å²) in [5.41, 5.74) is 1.73. The Balaban J connectivity index is 2.22. The van der Waals surface area contributed by atoms with E-state index in [1.54, 1.807) is 17.5 Å². The summed E-state index contributed by atoms with van der Waals surface area (Å²) in [7, 11) is 0. The van der Waals surface area contributed by atoms with Crippen LogP contribution >= 0.6 is 27.3 Å². The molecule has 0 spiro atoms. The van der Waals surface area contributed by atoms with E-state index in [0.717, 1.165) is 25.8 Å². The molecule has 0 saturated carbocycles. The average Bonchev–Trinajstić information content (AvgIpc) is 2.93. The summed E-state index contributed by atoms with van der Waals surface area (Å²) in [6.45, 7) is 6.39. The Morgan fingerprint density at radius 1 is 1.25 bits per heavy atom. The van der Waals surface area contributed by atoms with Crippen LogP contribution in [0.5, 0.6) is 0 Å². The predicted octanol–water partition coefficient (Wildman–Crippen LogP) is 4.43. The molecule has 0 atom stereocenters. The van der Waals surface area contributed by atoms with E-state index in [4.69, 9.17) is 4.98 Å². The minimum atomic E-state index is -0.0588. The Morgan fingerprint density at radius 2 is 2.05 bits per heavy atom. The Bertz CT molecular complexity index is 754. The fourth-order valence-electron chi connectivity index (χ4n) is 1.97. The van der Waals surface area contributed by atoms with Gasteiger partial charge in [0.15, 0.2) is 11.5 Å². The maximum atomic E-state index is 4.71. The number of hydrogen-bond acceptors (Lipinski definition) is 4. The van der Waals surface area contributed by atoms with E-state index in [2.05, 4.69) is 53.2 Å². The Kier molecular flexibility index (Phi) is 3.30. The van der Waals surface area contributed by atoms with Crippen molar-refractivity contribution in [3.63, 3.8) is 0 Å². The number of anilines is 1. The number of nitrogens with zero attached hydrogens (tertiary/aromatic N) is 3. The van der Waals surface area contributed by atoms with Gasteiger partial charge in [-0.05, 0) is 61.0 Å². The first-order chi connectivity index (χ1) is 9.44. The van der Waals surface area contributed by atoms with Crippen LogP contribution in [0, 0.1) is 0 Å². The standard InChI is InChI=1S/C14H15BrN4S/c1-14(2,3)18-13-12(9-6-7-10(15)20-9)17-11-5-4-8-16-19(11)13/h4-8,18H,1-3H3. The summed E-state index contributed by atoms with van der Waals surface area (Å²) in [5.74, 6) is 0.933. The van der Waals surface area contributed by atoms with Crippen molar-refractivity contribution < 1.29 is 0 Å². The molecular formula is C14H15BrN4S. The lowest BCUT2D eigenvalue weighted by molar-refractivity contribution is 0.626. The molecule has 0 radical (unpaired) electrons. The van der Waals surface area contributed by atoms with Gasteiger partial charge in [0, 0.05) is 11.7 Å². The Hall–Kier alpha value is -1.40. The smallest absolute Gasteiger partial charge is 0.157 e. The van der Waals surface area contributed by atoms with Gasteiger partial charge in [-0.15, -0.1) is 11.3 Å². The van der Waals surface area contributed by atoms with E-state index in [9.17, 15) is 0 Å². The number of nitrogens with one attached hydrogen (secondary N) is 1. The van der Waals surface area contributed by atoms with Crippen molar-refractivity contribution in [1.29, 1.82) is 0 Å². The van der Waals surface area contributed by atoms with Crippen LogP contribution in [0.25, 0.3) is 16.2 Å². The van der Waals surface area contributed by atoms with Crippen LogP contribution in [-0.4, -0.2) is 20.1 Å². The summed E-state index contributed by atoms with van der Waals surface area (Å²) < 4.78 is 2.95. The SMILES string of the molecule is CC(C)(C)Nc1c(-c2ccc(Br)s2)nc2cccnn12. The Morgan fingerprint density at radius 3 is 2.70 bits per heavy atom. The molecule has 1 N–H and O–H groups in total. The molecular weight excluding hydrogens is 336 g/mol. The number of hydrogen-bond donors (Lipinski definition) is 1. The number of halogens is 1. The Labute approximate surface area is 130 Å². The van der Waals surface area contributed by atoms with Crippen molar-refractivity contribution in [2.75, 3.05) is 5.32 Å². The molecule has 4 nitrogen and oxygen atoms in total. The molecule has 0 aliphatic rings. The van der Waals surface area contributed by atoms with Gasteiger partial charge in [0.2, 0.25) is 0 Å². The monoisotopic (exact) mass is 350 g/mol. The second-order valence-corrected chi connectivity index (χ2v) is 8.04. The predicted molar refractivity (Wildman–Crippen MR) is 87.4 cm³/mol. The van der Waals surface area contributed by atoms with E-state index in [1.807, 2.05) is 22.7 Å². The van der Waals surface area contributed by atoms with Crippen molar-refractivity contribution in [1.82, 2.24) is 14.6 Å². The van der Waals surface area contributed by atoms with E-state index in [0.29, 0.717) is 0 Å². The molecule has 6 heteroatoms. The van der Waals surface area contributed by atoms with Crippen LogP contribution in [0.3, 0.4) is 0 Å². The lowest BCUT2D eigenvalue weighted by atomic mass is 10.1. The van der Waals surface area contributed by atoms with E-state index in [-0.39, 0.29) is 5.54 Å². The molecule has 104 valence electrons. The van der Waals surface area contributed by atoms with E-state index in [1.165, 1.54) is 0 Å². The molecule has 3 aromatic heterocycles. The van der Waals surface area contributed by atoms with Crippen LogP contribution in [0.15, 0.2) is 34.2 Å². The molecule has 0 amide bonds. The van der Waals surface area contributed by atoms with E-state index >= 15 is 0 Å². The van der Waals surface area contributed by atoms with Gasteiger partial charge < -0.3 is 5.32 Å². The number of thiophene rings is 1. The van der Waals surface area contributed by atoms with E-state index < -0.39 is 0 Å². The van der Waals surface area contributed by atoms with Crippen LogP contribution in [0.1, 0.15) is 20.8 Å². The van der Waals surface area contributed by atoms with Gasteiger partial charge in [0.1, 0.15) is 5.69 Å². The van der Waals surface area contributed by atoms with Crippen LogP contribution < -0.4 is 5.32 Å². The van der Waals surface area contributed by atoms with Crippen molar-refractivity contribution in [2.45, 2.75) is 26.3 Å². The lowest BCUT2D eigenvalue weighted by Crippen LogP contribution is -2.27. The van der Waals surface area contributed by atoms with Crippen molar-refractivity contribution >= 4 is 38.7 Å². The summed E-state index contributed by atoms with van der Waals surface area (Å²) >= 11 is 5.18. The van der Waals surface area contributed by atoms with Crippen LogP contribution in [-0.2, 0) is 0 Å². The lowest BCUT2D eigenvalue weighted by Gasteiger charge is -2.21. The minimum absolute atomic E-state index is 0.0588. The minimum Gasteiger partial charge on any atom is -0.364 e. The number of aromatic nitrogens is 3. The van der Waals surface area contributed by atoms with Gasteiger partial charge in [-0.1, -0.05) is 0 Å². The highest BCUT2D eigenvalue weighted by Gasteiger charge is 2.20. The van der Waals surface area contributed by atoms with Crippen molar-refractivity contribution in [3.8, 4) is 10.6 Å². The normalized spacial score (nSPS) is 12.0. The second-order valence-electron chi connectivity index (χ2n) is 5.58. The van der Waals surface area contributed by atoms with Gasteiger partial charge in [-0.3, -0.25) is 0 Å². The third-order valence-corrected chi connectivity index (χ3v) is 4.32. The summed E-state index contributed by atoms with van der Waals surface area (Å²) in [6, 6.07) is 7.98. The molecule has 3 rings (SSSR count). The molecule has 0 aromatic carbocycles. The zero-order valence-corrected chi connectivity index (χ0v) is 13.9. The summed E-state index contributed by atoms with van der Waals surface area (Å²) in [6.07, 6.45) is 1.77. The average molecular weight is 351 g/mol. The van der Waals surface area contributed by atoms with Gasteiger partial charge >= 0.3 is 0 Å². The number of imidazole rings is 1. The second kappa shape index (κ2) is 4.86. The molecule has 3 heterocycles. The first-order valence-electron chi connectivity index (χ1n) is 6.32.